The molecule has 1 aromatic carbocycles. The summed E-state index contributed by atoms with van der Waals surface area (Å²) < 4.78 is 10.5. The quantitative estimate of drug-likeness (QED) is 0.713. The van der Waals surface area contributed by atoms with Crippen molar-refractivity contribution in [2.45, 2.75) is 33.4 Å². The van der Waals surface area contributed by atoms with Gasteiger partial charge in [-0.25, -0.2) is 4.79 Å². The molecule has 0 aliphatic heterocycles. The number of fused-ring (bicyclic) bond motifs is 1. The van der Waals surface area contributed by atoms with Crippen molar-refractivity contribution < 1.29 is 18.7 Å². The van der Waals surface area contributed by atoms with Gasteiger partial charge < -0.3 is 14.5 Å². The Labute approximate surface area is 151 Å². The van der Waals surface area contributed by atoms with Crippen molar-refractivity contribution in [1.29, 1.82) is 0 Å². The number of aryl methyl sites for hydroxylation is 2. The molecule has 1 N–H and O–H groups in total. The zero-order valence-corrected chi connectivity index (χ0v) is 14.9. The second-order valence-electron chi connectivity index (χ2n) is 6.06. The summed E-state index contributed by atoms with van der Waals surface area (Å²) in [6.07, 6.45) is 0.603. The van der Waals surface area contributed by atoms with Crippen molar-refractivity contribution in [3.05, 3.63) is 65.2 Å². The number of furan rings is 1. The number of rotatable bonds is 5. The van der Waals surface area contributed by atoms with Crippen LogP contribution in [0.2, 0.25) is 0 Å². The third-order valence-electron chi connectivity index (χ3n) is 4.21. The molecule has 3 rings (SSSR count). The summed E-state index contributed by atoms with van der Waals surface area (Å²) in [4.78, 5) is 29.2. The molecule has 1 atom stereocenters. The van der Waals surface area contributed by atoms with Crippen LogP contribution < -0.4 is 5.32 Å². The minimum absolute atomic E-state index is 0.239. The van der Waals surface area contributed by atoms with Crippen molar-refractivity contribution >= 4 is 22.8 Å². The number of nitrogens with zero attached hydrogens (tertiary/aromatic N) is 1. The maximum absolute atomic E-state index is 12.6. The number of esters is 1. The van der Waals surface area contributed by atoms with Crippen molar-refractivity contribution in [1.82, 2.24) is 10.3 Å². The van der Waals surface area contributed by atoms with Crippen molar-refractivity contribution in [2.75, 3.05) is 0 Å². The number of benzene rings is 1. The average Bonchev–Trinajstić information content (AvgIpc) is 3.13. The molecule has 1 amide bonds. The van der Waals surface area contributed by atoms with E-state index in [1.165, 1.54) is 13.2 Å². The van der Waals surface area contributed by atoms with Gasteiger partial charge in [0.05, 0.1) is 29.6 Å². The van der Waals surface area contributed by atoms with Gasteiger partial charge in [-0.3, -0.25) is 9.78 Å². The summed E-state index contributed by atoms with van der Waals surface area (Å²) in [6.45, 7) is 5.39. The number of carbonyl (C=O) groups is 2. The number of hydrogen-bond donors (Lipinski definition) is 1. The Kier molecular flexibility index (Phi) is 5.02. The van der Waals surface area contributed by atoms with Crippen LogP contribution in [0.4, 0.5) is 0 Å². The second-order valence-corrected chi connectivity index (χ2v) is 6.06. The Bertz CT molecular complexity index is 948. The normalized spacial score (nSPS) is 12.0. The van der Waals surface area contributed by atoms with E-state index in [-0.39, 0.29) is 12.5 Å². The van der Waals surface area contributed by atoms with E-state index in [9.17, 15) is 9.59 Å². The van der Waals surface area contributed by atoms with Crippen LogP contribution in [-0.2, 0) is 16.1 Å². The highest BCUT2D eigenvalue weighted by Crippen LogP contribution is 2.23. The van der Waals surface area contributed by atoms with E-state index in [0.717, 1.165) is 16.5 Å². The van der Waals surface area contributed by atoms with Gasteiger partial charge in [0.25, 0.3) is 5.91 Å². The van der Waals surface area contributed by atoms with Crippen molar-refractivity contribution in [3.63, 3.8) is 0 Å². The Morgan fingerprint density at radius 2 is 1.96 bits per heavy atom. The van der Waals surface area contributed by atoms with Crippen LogP contribution >= 0.6 is 0 Å². The van der Waals surface area contributed by atoms with E-state index in [2.05, 4.69) is 10.3 Å². The van der Waals surface area contributed by atoms with Crippen LogP contribution in [0.15, 0.2) is 47.1 Å². The van der Waals surface area contributed by atoms with E-state index in [0.29, 0.717) is 17.0 Å². The SMILES string of the molecule is Cc1nc2ccccc2c(C)c1C(=O)OC(C)C(=O)NCc1ccco1. The molecule has 0 aliphatic rings. The topological polar surface area (TPSA) is 81.4 Å². The predicted octanol–water partition coefficient (Wildman–Crippen LogP) is 3.31. The van der Waals surface area contributed by atoms with Crippen molar-refractivity contribution in [3.8, 4) is 0 Å². The lowest BCUT2D eigenvalue weighted by atomic mass is 10.0. The highest BCUT2D eigenvalue weighted by Gasteiger charge is 2.23. The maximum atomic E-state index is 12.6. The molecule has 0 saturated heterocycles. The molecule has 0 aliphatic carbocycles. The van der Waals surface area contributed by atoms with Crippen LogP contribution in [0.3, 0.4) is 0 Å². The van der Waals surface area contributed by atoms with Gasteiger partial charge in [0.2, 0.25) is 0 Å². The first-order valence-electron chi connectivity index (χ1n) is 8.34. The lowest BCUT2D eigenvalue weighted by molar-refractivity contribution is -0.129. The Balaban J connectivity index is 1.73. The predicted molar refractivity (Wildman–Crippen MR) is 96.6 cm³/mol. The van der Waals surface area contributed by atoms with E-state index in [1.54, 1.807) is 19.1 Å². The molecule has 2 heterocycles. The Morgan fingerprint density at radius 3 is 2.69 bits per heavy atom. The molecule has 3 aromatic rings. The largest absolute Gasteiger partial charge is 0.467 e. The summed E-state index contributed by atoms with van der Waals surface area (Å²) in [6, 6.07) is 11.1. The van der Waals surface area contributed by atoms with Gasteiger partial charge >= 0.3 is 5.97 Å². The molecule has 0 fully saturated rings. The van der Waals surface area contributed by atoms with E-state index in [1.807, 2.05) is 31.2 Å². The molecular formula is C20H20N2O4. The molecule has 26 heavy (non-hydrogen) atoms. The molecule has 2 aromatic heterocycles. The third kappa shape index (κ3) is 3.59. The molecule has 0 spiro atoms. The van der Waals surface area contributed by atoms with Gasteiger partial charge in [0.1, 0.15) is 5.76 Å². The van der Waals surface area contributed by atoms with E-state index >= 15 is 0 Å². The molecule has 0 bridgehead atoms. The standard InChI is InChI=1S/C20H20N2O4/c1-12-16-8-4-5-9-17(16)22-13(2)18(12)20(24)26-14(3)19(23)21-11-15-7-6-10-25-15/h4-10,14H,11H2,1-3H3,(H,21,23). The first-order chi connectivity index (χ1) is 12.5. The minimum atomic E-state index is -0.928. The average molecular weight is 352 g/mol. The van der Waals surface area contributed by atoms with Gasteiger partial charge in [0, 0.05) is 5.39 Å². The van der Waals surface area contributed by atoms with Gasteiger partial charge in [-0.2, -0.15) is 0 Å². The van der Waals surface area contributed by atoms with Crippen LogP contribution in [0.25, 0.3) is 10.9 Å². The molecule has 0 saturated carbocycles. The summed E-state index contributed by atoms with van der Waals surface area (Å²) in [5.74, 6) is -0.319. The summed E-state index contributed by atoms with van der Waals surface area (Å²) in [5, 5.41) is 3.56. The van der Waals surface area contributed by atoms with E-state index in [4.69, 9.17) is 9.15 Å². The van der Waals surface area contributed by atoms with Gasteiger partial charge in [0.15, 0.2) is 6.10 Å². The smallest absolute Gasteiger partial charge is 0.341 e. The number of carbonyl (C=O) groups excluding carboxylic acids is 2. The van der Waals surface area contributed by atoms with Crippen LogP contribution in [0.5, 0.6) is 0 Å². The second kappa shape index (κ2) is 7.39. The van der Waals surface area contributed by atoms with Crippen LogP contribution in [0, 0.1) is 13.8 Å². The van der Waals surface area contributed by atoms with E-state index < -0.39 is 12.1 Å². The van der Waals surface area contributed by atoms with Gasteiger partial charge in [-0.05, 0) is 44.5 Å². The fourth-order valence-corrected chi connectivity index (χ4v) is 2.84. The monoisotopic (exact) mass is 352 g/mol. The zero-order chi connectivity index (χ0) is 18.7. The zero-order valence-electron chi connectivity index (χ0n) is 14.9. The number of nitrogens with one attached hydrogen (secondary N) is 1. The van der Waals surface area contributed by atoms with Gasteiger partial charge in [-0.1, -0.05) is 18.2 Å². The molecular weight excluding hydrogens is 332 g/mol. The molecule has 6 nitrogen and oxygen atoms in total. The fraction of sp³-hybridized carbons (Fsp3) is 0.250. The van der Waals surface area contributed by atoms with Crippen LogP contribution in [0.1, 0.15) is 34.3 Å². The first-order valence-corrected chi connectivity index (χ1v) is 8.34. The molecule has 0 radical (unpaired) electrons. The fourth-order valence-electron chi connectivity index (χ4n) is 2.84. The molecule has 6 heteroatoms. The van der Waals surface area contributed by atoms with Crippen molar-refractivity contribution in [2.24, 2.45) is 0 Å². The lowest BCUT2D eigenvalue weighted by Crippen LogP contribution is -2.35. The highest BCUT2D eigenvalue weighted by molar-refractivity contribution is 5.99. The number of pyridine rings is 1. The number of amides is 1. The summed E-state index contributed by atoms with van der Waals surface area (Å²) >= 11 is 0. The number of aromatic nitrogens is 1. The summed E-state index contributed by atoms with van der Waals surface area (Å²) in [7, 11) is 0. The number of hydrogen-bond acceptors (Lipinski definition) is 5. The van der Waals surface area contributed by atoms with Crippen LogP contribution in [-0.4, -0.2) is 23.0 Å². The highest BCUT2D eigenvalue weighted by atomic mass is 16.5. The Morgan fingerprint density at radius 1 is 1.19 bits per heavy atom. The molecule has 134 valence electrons. The lowest BCUT2D eigenvalue weighted by Gasteiger charge is -2.16. The number of para-hydroxylation sites is 1. The minimum Gasteiger partial charge on any atom is -0.467 e. The first kappa shape index (κ1) is 17.7. The van der Waals surface area contributed by atoms with Gasteiger partial charge in [-0.15, -0.1) is 0 Å². The Hall–Kier alpha value is -3.15. The summed E-state index contributed by atoms with van der Waals surface area (Å²) in [5.41, 5.74) is 2.59. The molecule has 1 unspecified atom stereocenters. The maximum Gasteiger partial charge on any atom is 0.341 e. The number of ether oxygens (including phenoxy) is 1. The third-order valence-corrected chi connectivity index (χ3v) is 4.21.